The monoisotopic (exact) mass is 190 g/mol. The summed E-state index contributed by atoms with van der Waals surface area (Å²) in [4.78, 5) is 0. The van der Waals surface area contributed by atoms with Crippen LogP contribution in [0, 0.1) is 11.3 Å². The van der Waals surface area contributed by atoms with Crippen molar-refractivity contribution in [1.82, 2.24) is 0 Å². The van der Waals surface area contributed by atoms with Gasteiger partial charge in [0.05, 0.1) is 11.6 Å². The van der Waals surface area contributed by atoms with E-state index < -0.39 is 0 Å². The first-order valence-electron chi connectivity index (χ1n) is 3.85. The van der Waals surface area contributed by atoms with Crippen LogP contribution in [-0.4, -0.2) is 5.75 Å². The molecule has 0 radical (unpaired) electrons. The Morgan fingerprint density at radius 3 is 2.92 bits per heavy atom. The quantitative estimate of drug-likeness (QED) is 0.554. The lowest BCUT2D eigenvalue weighted by Gasteiger charge is -1.98. The average Bonchev–Trinajstić information content (AvgIpc) is 2.16. The molecular formula is C10H10N2S. The van der Waals surface area contributed by atoms with Crippen molar-refractivity contribution < 1.29 is 0 Å². The standard InChI is InChI=1S/C10H10N2S/c11-7-9-6-10(12)4-3-8(9)2-1-5-13/h1-4,6,13H,5,12H2. The van der Waals surface area contributed by atoms with Crippen molar-refractivity contribution in [3.05, 3.63) is 35.4 Å². The van der Waals surface area contributed by atoms with Gasteiger partial charge in [-0.3, -0.25) is 0 Å². The third-order valence-corrected chi connectivity index (χ3v) is 1.81. The normalized spacial score (nSPS) is 10.2. The van der Waals surface area contributed by atoms with Crippen molar-refractivity contribution >= 4 is 24.4 Å². The third-order valence-electron chi connectivity index (χ3n) is 1.60. The Balaban J connectivity index is 3.08. The minimum atomic E-state index is 0.595. The molecule has 0 saturated carbocycles. The first-order valence-corrected chi connectivity index (χ1v) is 4.48. The van der Waals surface area contributed by atoms with Crippen LogP contribution in [0.15, 0.2) is 24.3 Å². The van der Waals surface area contributed by atoms with E-state index in [0.29, 0.717) is 17.0 Å². The fraction of sp³-hybridized carbons (Fsp3) is 0.100. The molecule has 66 valence electrons. The molecule has 1 aromatic rings. The predicted molar refractivity (Wildman–Crippen MR) is 58.5 cm³/mol. The van der Waals surface area contributed by atoms with Gasteiger partial charge in [-0.1, -0.05) is 18.2 Å². The molecule has 0 heterocycles. The van der Waals surface area contributed by atoms with Crippen LogP contribution in [0.25, 0.3) is 6.08 Å². The van der Waals surface area contributed by atoms with Gasteiger partial charge in [0.15, 0.2) is 0 Å². The van der Waals surface area contributed by atoms with Gasteiger partial charge in [0.2, 0.25) is 0 Å². The number of nitriles is 1. The van der Waals surface area contributed by atoms with Gasteiger partial charge in [0.1, 0.15) is 0 Å². The van der Waals surface area contributed by atoms with Gasteiger partial charge in [-0.15, -0.1) is 0 Å². The maximum Gasteiger partial charge on any atom is 0.0998 e. The lowest BCUT2D eigenvalue weighted by molar-refractivity contribution is 1.47. The highest BCUT2D eigenvalue weighted by molar-refractivity contribution is 7.80. The fourth-order valence-corrected chi connectivity index (χ4v) is 1.10. The third kappa shape index (κ3) is 2.53. The average molecular weight is 190 g/mol. The predicted octanol–water partition coefficient (Wildman–Crippen LogP) is 2.08. The molecule has 0 spiro atoms. The van der Waals surface area contributed by atoms with Gasteiger partial charge in [0, 0.05) is 11.4 Å². The summed E-state index contributed by atoms with van der Waals surface area (Å²) < 4.78 is 0. The molecule has 0 unspecified atom stereocenters. The summed E-state index contributed by atoms with van der Waals surface area (Å²) in [6, 6.07) is 7.36. The number of thiol groups is 1. The van der Waals surface area contributed by atoms with E-state index in [1.54, 1.807) is 12.1 Å². The second-order valence-corrected chi connectivity index (χ2v) is 2.91. The molecule has 2 N–H and O–H groups in total. The minimum Gasteiger partial charge on any atom is -0.399 e. The number of nitrogens with two attached hydrogens (primary N) is 1. The maximum atomic E-state index is 8.78. The second-order valence-electron chi connectivity index (χ2n) is 2.54. The van der Waals surface area contributed by atoms with Gasteiger partial charge in [0.25, 0.3) is 0 Å². The number of anilines is 1. The molecule has 1 aromatic carbocycles. The SMILES string of the molecule is N#Cc1cc(N)ccc1C=CCS. The number of rotatable bonds is 2. The Morgan fingerprint density at radius 1 is 1.54 bits per heavy atom. The lowest BCUT2D eigenvalue weighted by atomic mass is 10.1. The van der Waals surface area contributed by atoms with Gasteiger partial charge < -0.3 is 5.73 Å². The first-order chi connectivity index (χ1) is 6.27. The lowest BCUT2D eigenvalue weighted by Crippen LogP contribution is -1.88. The van der Waals surface area contributed by atoms with Crippen LogP contribution in [0.5, 0.6) is 0 Å². The van der Waals surface area contributed by atoms with E-state index in [2.05, 4.69) is 18.7 Å². The van der Waals surface area contributed by atoms with E-state index in [0.717, 1.165) is 5.56 Å². The van der Waals surface area contributed by atoms with Crippen molar-refractivity contribution in [3.63, 3.8) is 0 Å². The summed E-state index contributed by atoms with van der Waals surface area (Å²) in [6.07, 6.45) is 3.75. The molecule has 0 bridgehead atoms. The Hall–Kier alpha value is -1.40. The molecule has 0 atom stereocenters. The number of nitrogen functional groups attached to an aromatic ring is 1. The van der Waals surface area contributed by atoms with Crippen molar-refractivity contribution in [2.75, 3.05) is 11.5 Å². The molecule has 3 heteroatoms. The van der Waals surface area contributed by atoms with E-state index in [9.17, 15) is 0 Å². The van der Waals surface area contributed by atoms with E-state index in [1.165, 1.54) is 0 Å². The highest BCUT2D eigenvalue weighted by atomic mass is 32.1. The molecule has 1 rings (SSSR count). The summed E-state index contributed by atoms with van der Waals surface area (Å²) in [5.41, 5.74) is 7.63. The molecule has 0 aromatic heterocycles. The van der Waals surface area contributed by atoms with Gasteiger partial charge >= 0.3 is 0 Å². The van der Waals surface area contributed by atoms with Crippen LogP contribution >= 0.6 is 12.6 Å². The van der Waals surface area contributed by atoms with Crippen LogP contribution in [0.1, 0.15) is 11.1 Å². The summed E-state index contributed by atoms with van der Waals surface area (Å²) in [5, 5.41) is 8.78. The maximum absolute atomic E-state index is 8.78. The molecule has 13 heavy (non-hydrogen) atoms. The molecule has 0 amide bonds. The summed E-state index contributed by atoms with van der Waals surface area (Å²) in [5.74, 6) is 0.662. The Labute approximate surface area is 83.1 Å². The van der Waals surface area contributed by atoms with Gasteiger partial charge in [-0.05, 0) is 17.7 Å². The summed E-state index contributed by atoms with van der Waals surface area (Å²) in [7, 11) is 0. The van der Waals surface area contributed by atoms with Crippen molar-refractivity contribution in [2.24, 2.45) is 0 Å². The zero-order chi connectivity index (χ0) is 9.68. The molecule has 0 aliphatic carbocycles. The number of hydrogen-bond acceptors (Lipinski definition) is 3. The zero-order valence-corrected chi connectivity index (χ0v) is 7.96. The second kappa shape index (κ2) is 4.58. The highest BCUT2D eigenvalue weighted by Crippen LogP contribution is 2.14. The van der Waals surface area contributed by atoms with E-state index in [1.807, 2.05) is 18.2 Å². The smallest absolute Gasteiger partial charge is 0.0998 e. The topological polar surface area (TPSA) is 49.8 Å². The Bertz CT molecular complexity index is 364. The largest absolute Gasteiger partial charge is 0.399 e. The number of benzene rings is 1. The van der Waals surface area contributed by atoms with Crippen molar-refractivity contribution in [1.29, 1.82) is 5.26 Å². The van der Waals surface area contributed by atoms with Gasteiger partial charge in [-0.2, -0.15) is 17.9 Å². The Morgan fingerprint density at radius 2 is 2.31 bits per heavy atom. The van der Waals surface area contributed by atoms with Crippen LogP contribution in [0.3, 0.4) is 0 Å². The number of nitrogens with zero attached hydrogens (tertiary/aromatic N) is 1. The highest BCUT2D eigenvalue weighted by Gasteiger charge is 1.97. The minimum absolute atomic E-state index is 0.595. The van der Waals surface area contributed by atoms with Crippen molar-refractivity contribution in [2.45, 2.75) is 0 Å². The van der Waals surface area contributed by atoms with E-state index >= 15 is 0 Å². The van der Waals surface area contributed by atoms with Crippen LogP contribution in [0.2, 0.25) is 0 Å². The molecular weight excluding hydrogens is 180 g/mol. The molecule has 2 nitrogen and oxygen atoms in total. The molecule has 0 saturated heterocycles. The molecule has 0 fully saturated rings. The van der Waals surface area contributed by atoms with Gasteiger partial charge in [-0.25, -0.2) is 0 Å². The molecule has 0 aliphatic rings. The first kappa shape index (κ1) is 9.69. The van der Waals surface area contributed by atoms with E-state index in [-0.39, 0.29) is 0 Å². The number of hydrogen-bond donors (Lipinski definition) is 2. The van der Waals surface area contributed by atoms with Crippen LogP contribution in [0.4, 0.5) is 5.69 Å². The van der Waals surface area contributed by atoms with Crippen LogP contribution < -0.4 is 5.73 Å². The summed E-state index contributed by atoms with van der Waals surface area (Å²) in [6.45, 7) is 0. The summed E-state index contributed by atoms with van der Waals surface area (Å²) >= 11 is 4.04. The molecule has 0 aliphatic heterocycles. The van der Waals surface area contributed by atoms with Crippen LogP contribution in [-0.2, 0) is 0 Å². The Kier molecular flexibility index (Phi) is 3.41. The van der Waals surface area contributed by atoms with E-state index in [4.69, 9.17) is 11.0 Å². The fourth-order valence-electron chi connectivity index (χ4n) is 0.996. The zero-order valence-electron chi connectivity index (χ0n) is 7.07. The van der Waals surface area contributed by atoms with Crippen molar-refractivity contribution in [3.8, 4) is 6.07 Å².